The van der Waals surface area contributed by atoms with Gasteiger partial charge in [0.15, 0.2) is 6.10 Å². The molecular weight excluding hydrogens is 252 g/mol. The Morgan fingerprint density at radius 1 is 1.12 bits per heavy atom. The van der Waals surface area contributed by atoms with E-state index >= 15 is 0 Å². The molecule has 2 unspecified atom stereocenters. The SMILES string of the molecule is O=C(O)c1cc(Cl)cc(C(O)C(O)C(=O)O)c1. The summed E-state index contributed by atoms with van der Waals surface area (Å²) >= 11 is 5.62. The number of carboxylic acids is 2. The molecule has 1 aromatic rings. The second-order valence-electron chi connectivity index (χ2n) is 3.31. The fourth-order valence-corrected chi connectivity index (χ4v) is 1.47. The van der Waals surface area contributed by atoms with Crippen molar-refractivity contribution in [3.05, 3.63) is 34.3 Å². The van der Waals surface area contributed by atoms with E-state index in [0.29, 0.717) is 0 Å². The van der Waals surface area contributed by atoms with Crippen LogP contribution in [0.15, 0.2) is 18.2 Å². The lowest BCUT2D eigenvalue weighted by molar-refractivity contribution is -0.153. The molecule has 0 heterocycles. The van der Waals surface area contributed by atoms with Gasteiger partial charge in [0.25, 0.3) is 0 Å². The molecule has 0 spiro atoms. The van der Waals surface area contributed by atoms with Gasteiger partial charge in [0, 0.05) is 5.02 Å². The minimum absolute atomic E-state index is 0.0246. The van der Waals surface area contributed by atoms with E-state index in [1.807, 2.05) is 0 Å². The van der Waals surface area contributed by atoms with Gasteiger partial charge in [-0.05, 0) is 23.8 Å². The molecule has 7 heteroatoms. The van der Waals surface area contributed by atoms with Crippen LogP contribution in [0.1, 0.15) is 22.0 Å². The van der Waals surface area contributed by atoms with Gasteiger partial charge in [-0.15, -0.1) is 0 Å². The van der Waals surface area contributed by atoms with Gasteiger partial charge in [-0.25, -0.2) is 9.59 Å². The third kappa shape index (κ3) is 3.16. The number of carboxylic acid groups (broad SMARTS) is 2. The van der Waals surface area contributed by atoms with Crippen LogP contribution in [0.2, 0.25) is 5.02 Å². The van der Waals surface area contributed by atoms with Crippen LogP contribution in [0.3, 0.4) is 0 Å². The van der Waals surface area contributed by atoms with Crippen LogP contribution in [0.25, 0.3) is 0 Å². The van der Waals surface area contributed by atoms with Gasteiger partial charge in [0.2, 0.25) is 0 Å². The number of aliphatic carboxylic acids is 1. The van der Waals surface area contributed by atoms with Crippen molar-refractivity contribution in [2.45, 2.75) is 12.2 Å². The number of aromatic carboxylic acids is 1. The highest BCUT2D eigenvalue weighted by molar-refractivity contribution is 6.31. The molecule has 1 rings (SSSR count). The third-order valence-corrected chi connectivity index (χ3v) is 2.28. The Morgan fingerprint density at radius 3 is 2.18 bits per heavy atom. The average molecular weight is 261 g/mol. The summed E-state index contributed by atoms with van der Waals surface area (Å²) in [7, 11) is 0. The maximum atomic E-state index is 10.7. The summed E-state index contributed by atoms with van der Waals surface area (Å²) in [6, 6.07) is 3.38. The van der Waals surface area contributed by atoms with E-state index in [2.05, 4.69) is 0 Å². The number of aliphatic hydroxyl groups is 2. The van der Waals surface area contributed by atoms with E-state index in [9.17, 15) is 14.7 Å². The molecule has 2 atom stereocenters. The number of hydrogen-bond donors (Lipinski definition) is 4. The van der Waals surface area contributed by atoms with Gasteiger partial charge in [0.05, 0.1) is 5.56 Å². The Kier molecular flexibility index (Phi) is 4.06. The molecule has 1 aromatic carbocycles. The summed E-state index contributed by atoms with van der Waals surface area (Å²) in [5.74, 6) is -2.89. The quantitative estimate of drug-likeness (QED) is 0.627. The second-order valence-corrected chi connectivity index (χ2v) is 3.74. The van der Waals surface area contributed by atoms with E-state index in [4.69, 9.17) is 26.9 Å². The van der Waals surface area contributed by atoms with Crippen LogP contribution < -0.4 is 0 Å². The molecule has 0 aliphatic heterocycles. The summed E-state index contributed by atoms with van der Waals surface area (Å²) in [4.78, 5) is 21.2. The van der Waals surface area contributed by atoms with Crippen molar-refractivity contribution in [1.29, 1.82) is 0 Å². The van der Waals surface area contributed by atoms with Crippen molar-refractivity contribution in [2.24, 2.45) is 0 Å². The number of halogens is 1. The molecule has 0 bridgehead atoms. The van der Waals surface area contributed by atoms with Gasteiger partial charge in [-0.1, -0.05) is 11.6 Å². The topological polar surface area (TPSA) is 115 Å². The first kappa shape index (κ1) is 13.4. The fourth-order valence-electron chi connectivity index (χ4n) is 1.22. The van der Waals surface area contributed by atoms with Crippen molar-refractivity contribution in [3.8, 4) is 0 Å². The van der Waals surface area contributed by atoms with Crippen LogP contribution >= 0.6 is 11.6 Å². The summed E-state index contributed by atoms with van der Waals surface area (Å²) in [5.41, 5.74) is -0.283. The molecule has 0 aliphatic rings. The highest BCUT2D eigenvalue weighted by Crippen LogP contribution is 2.23. The molecule has 0 amide bonds. The predicted molar refractivity (Wildman–Crippen MR) is 57.0 cm³/mol. The largest absolute Gasteiger partial charge is 0.479 e. The fraction of sp³-hybridized carbons (Fsp3) is 0.200. The van der Waals surface area contributed by atoms with Crippen molar-refractivity contribution < 1.29 is 30.0 Å². The standard InChI is InChI=1S/C10H9ClO6/c11-6-2-4(1-5(3-6)9(14)15)7(12)8(13)10(16)17/h1-3,7-8,12-13H,(H,14,15)(H,16,17). The number of hydrogen-bond acceptors (Lipinski definition) is 4. The van der Waals surface area contributed by atoms with Gasteiger partial charge >= 0.3 is 11.9 Å². The van der Waals surface area contributed by atoms with Crippen LogP contribution in [-0.2, 0) is 4.79 Å². The Hall–Kier alpha value is -1.63. The number of rotatable bonds is 4. The molecule has 0 saturated carbocycles. The first-order valence-corrected chi connectivity index (χ1v) is 4.83. The van der Waals surface area contributed by atoms with Crippen molar-refractivity contribution in [2.75, 3.05) is 0 Å². The molecule has 92 valence electrons. The van der Waals surface area contributed by atoms with E-state index in [1.54, 1.807) is 0 Å². The summed E-state index contributed by atoms with van der Waals surface area (Å²) in [6.07, 6.45) is -3.79. The Labute approximate surface area is 101 Å². The normalized spacial score (nSPS) is 14.1. The zero-order chi connectivity index (χ0) is 13.2. The van der Waals surface area contributed by atoms with Crippen molar-refractivity contribution in [1.82, 2.24) is 0 Å². The summed E-state index contributed by atoms with van der Waals surface area (Å²) < 4.78 is 0. The zero-order valence-corrected chi connectivity index (χ0v) is 9.13. The Bertz CT molecular complexity index is 458. The summed E-state index contributed by atoms with van der Waals surface area (Å²) in [6.45, 7) is 0. The monoisotopic (exact) mass is 260 g/mol. The Morgan fingerprint density at radius 2 is 1.71 bits per heavy atom. The van der Waals surface area contributed by atoms with E-state index < -0.39 is 24.1 Å². The molecule has 0 aromatic heterocycles. The minimum atomic E-state index is -2.05. The van der Waals surface area contributed by atoms with Crippen LogP contribution in [0.5, 0.6) is 0 Å². The van der Waals surface area contributed by atoms with Gasteiger partial charge in [-0.2, -0.15) is 0 Å². The predicted octanol–water partition coefficient (Wildman–Crippen LogP) is 0.517. The van der Waals surface area contributed by atoms with Crippen LogP contribution in [0, 0.1) is 0 Å². The minimum Gasteiger partial charge on any atom is -0.479 e. The average Bonchev–Trinajstić information content (AvgIpc) is 2.25. The first-order chi connectivity index (χ1) is 7.82. The lowest BCUT2D eigenvalue weighted by atomic mass is 10.0. The summed E-state index contributed by atoms with van der Waals surface area (Å²) in [5, 5.41) is 35.9. The van der Waals surface area contributed by atoms with Crippen LogP contribution in [0.4, 0.5) is 0 Å². The molecule has 0 aliphatic carbocycles. The van der Waals surface area contributed by atoms with Crippen LogP contribution in [-0.4, -0.2) is 38.5 Å². The third-order valence-electron chi connectivity index (χ3n) is 2.06. The highest BCUT2D eigenvalue weighted by atomic mass is 35.5. The van der Waals surface area contributed by atoms with E-state index in [0.717, 1.165) is 12.1 Å². The van der Waals surface area contributed by atoms with Crippen molar-refractivity contribution >= 4 is 23.5 Å². The number of carbonyl (C=O) groups is 2. The molecule has 6 nitrogen and oxygen atoms in total. The molecule has 4 N–H and O–H groups in total. The lowest BCUT2D eigenvalue weighted by Gasteiger charge is -2.15. The highest BCUT2D eigenvalue weighted by Gasteiger charge is 2.26. The number of benzene rings is 1. The first-order valence-electron chi connectivity index (χ1n) is 4.45. The maximum Gasteiger partial charge on any atom is 0.335 e. The Balaban J connectivity index is 3.13. The zero-order valence-electron chi connectivity index (χ0n) is 8.37. The van der Waals surface area contributed by atoms with Gasteiger partial charge in [-0.3, -0.25) is 0 Å². The lowest BCUT2D eigenvalue weighted by Crippen LogP contribution is -2.27. The van der Waals surface area contributed by atoms with Gasteiger partial charge < -0.3 is 20.4 Å². The maximum absolute atomic E-state index is 10.7. The second kappa shape index (κ2) is 5.13. The molecule has 0 fully saturated rings. The molecule has 0 saturated heterocycles. The van der Waals surface area contributed by atoms with Gasteiger partial charge in [0.1, 0.15) is 6.10 Å². The van der Waals surface area contributed by atoms with Crippen molar-refractivity contribution in [3.63, 3.8) is 0 Å². The smallest absolute Gasteiger partial charge is 0.335 e. The molecule has 0 radical (unpaired) electrons. The van der Waals surface area contributed by atoms with E-state index in [-0.39, 0.29) is 16.1 Å². The molecular formula is C10H9ClO6. The van der Waals surface area contributed by atoms with E-state index in [1.165, 1.54) is 6.07 Å². The molecule has 17 heavy (non-hydrogen) atoms. The number of aliphatic hydroxyl groups excluding tert-OH is 2.